The first-order chi connectivity index (χ1) is 11.9. The van der Waals surface area contributed by atoms with E-state index in [2.05, 4.69) is 37.9 Å². The molecule has 2 amide bonds. The number of piperidine rings is 1. The monoisotopic (exact) mass is 351 g/mol. The number of hydrogen-bond acceptors (Lipinski definition) is 3. The molecule has 0 aromatic carbocycles. The molecule has 0 saturated carbocycles. The minimum absolute atomic E-state index is 0.0799. The fourth-order valence-electron chi connectivity index (χ4n) is 4.12. The molecule has 144 valence electrons. The van der Waals surface area contributed by atoms with E-state index >= 15 is 0 Å². The number of likely N-dealkylation sites (tertiary alicyclic amines) is 1. The molecule has 1 unspecified atom stereocenters. The summed E-state index contributed by atoms with van der Waals surface area (Å²) in [6, 6.07) is -0.0799. The Bertz CT molecular complexity index is 456. The van der Waals surface area contributed by atoms with Crippen LogP contribution < -0.4 is 5.32 Å². The van der Waals surface area contributed by atoms with Crippen LogP contribution in [0.2, 0.25) is 0 Å². The second-order valence-corrected chi connectivity index (χ2v) is 8.08. The summed E-state index contributed by atoms with van der Waals surface area (Å²) < 4.78 is 0. The van der Waals surface area contributed by atoms with Gasteiger partial charge in [-0.2, -0.15) is 0 Å². The van der Waals surface area contributed by atoms with E-state index in [0.717, 1.165) is 64.6 Å². The summed E-state index contributed by atoms with van der Waals surface area (Å²) in [5, 5.41) is 3.66. The van der Waals surface area contributed by atoms with Crippen LogP contribution >= 0.6 is 0 Å². The molecule has 1 spiro atoms. The Labute approximate surface area is 153 Å². The second kappa shape index (κ2) is 9.02. The Kier molecular flexibility index (Phi) is 7.29. The third kappa shape index (κ3) is 4.55. The third-order valence-electron chi connectivity index (χ3n) is 5.81. The van der Waals surface area contributed by atoms with E-state index in [1.54, 1.807) is 0 Å². The molecule has 2 heterocycles. The van der Waals surface area contributed by atoms with Gasteiger partial charge in [0, 0.05) is 38.9 Å². The average molecular weight is 352 g/mol. The first kappa shape index (κ1) is 20.2. The molecule has 2 aliphatic rings. The Morgan fingerprint density at radius 2 is 1.80 bits per heavy atom. The van der Waals surface area contributed by atoms with Gasteiger partial charge in [0.25, 0.3) is 0 Å². The van der Waals surface area contributed by atoms with Gasteiger partial charge in [-0.05, 0) is 18.8 Å². The first-order valence-corrected chi connectivity index (χ1v) is 10.3. The number of nitrogens with one attached hydrogen (secondary N) is 1. The van der Waals surface area contributed by atoms with E-state index in [-0.39, 0.29) is 23.5 Å². The first-order valence-electron chi connectivity index (χ1n) is 10.3. The maximum absolute atomic E-state index is 12.9. The van der Waals surface area contributed by atoms with E-state index in [1.165, 1.54) is 0 Å². The Morgan fingerprint density at radius 3 is 2.36 bits per heavy atom. The lowest BCUT2D eigenvalue weighted by molar-refractivity contribution is -0.137. The smallest absolute Gasteiger partial charge is 0.241 e. The number of amides is 2. The van der Waals surface area contributed by atoms with Crippen LogP contribution in [-0.2, 0) is 9.59 Å². The number of rotatable bonds is 8. The van der Waals surface area contributed by atoms with Gasteiger partial charge in [0.15, 0.2) is 0 Å². The van der Waals surface area contributed by atoms with E-state index in [9.17, 15) is 9.59 Å². The molecule has 0 aromatic heterocycles. The predicted molar refractivity (Wildman–Crippen MR) is 101 cm³/mol. The summed E-state index contributed by atoms with van der Waals surface area (Å²) in [6.45, 7) is 10.9. The third-order valence-corrected chi connectivity index (χ3v) is 5.81. The summed E-state index contributed by atoms with van der Waals surface area (Å²) in [6.07, 6.45) is 7.77. The second-order valence-electron chi connectivity index (χ2n) is 8.08. The standard InChI is InChI=1S/C20H37N3O2/c1-5-7-9-10-17(24)22-14-11-20(12-15-22)21-18(16(3)4)19(25)23(20)13-8-6-2/h16,18,21H,5-15H2,1-4H3. The van der Waals surface area contributed by atoms with Gasteiger partial charge in [-0.3, -0.25) is 14.9 Å². The van der Waals surface area contributed by atoms with E-state index in [1.807, 2.05) is 4.90 Å². The van der Waals surface area contributed by atoms with Crippen LogP contribution in [0.25, 0.3) is 0 Å². The minimum Gasteiger partial charge on any atom is -0.342 e. The van der Waals surface area contributed by atoms with Crippen molar-refractivity contribution < 1.29 is 9.59 Å². The van der Waals surface area contributed by atoms with Crippen LogP contribution in [0.5, 0.6) is 0 Å². The van der Waals surface area contributed by atoms with Crippen molar-refractivity contribution in [2.75, 3.05) is 19.6 Å². The Morgan fingerprint density at radius 1 is 1.16 bits per heavy atom. The van der Waals surface area contributed by atoms with Gasteiger partial charge < -0.3 is 9.80 Å². The van der Waals surface area contributed by atoms with Gasteiger partial charge >= 0.3 is 0 Å². The summed E-state index contributed by atoms with van der Waals surface area (Å²) in [7, 11) is 0. The van der Waals surface area contributed by atoms with Crippen molar-refractivity contribution in [3.8, 4) is 0 Å². The van der Waals surface area contributed by atoms with Gasteiger partial charge in [0.05, 0.1) is 11.7 Å². The minimum atomic E-state index is -0.235. The van der Waals surface area contributed by atoms with E-state index in [0.29, 0.717) is 12.3 Å². The van der Waals surface area contributed by atoms with Crippen molar-refractivity contribution in [1.29, 1.82) is 0 Å². The van der Waals surface area contributed by atoms with Crippen molar-refractivity contribution in [3.05, 3.63) is 0 Å². The van der Waals surface area contributed by atoms with Gasteiger partial charge in [-0.15, -0.1) is 0 Å². The SMILES string of the molecule is CCCCCC(=O)N1CCC2(CC1)NC(C(C)C)C(=O)N2CCCC. The summed E-state index contributed by atoms with van der Waals surface area (Å²) in [4.78, 5) is 29.4. The van der Waals surface area contributed by atoms with E-state index in [4.69, 9.17) is 0 Å². The predicted octanol–water partition coefficient (Wildman–Crippen LogP) is 3.14. The van der Waals surface area contributed by atoms with Crippen LogP contribution in [0.4, 0.5) is 0 Å². The number of carbonyl (C=O) groups excluding carboxylic acids is 2. The zero-order chi connectivity index (χ0) is 18.4. The molecule has 2 fully saturated rings. The summed E-state index contributed by atoms with van der Waals surface area (Å²) in [5.41, 5.74) is -0.235. The quantitative estimate of drug-likeness (QED) is 0.684. The molecule has 5 heteroatoms. The average Bonchev–Trinajstić information content (AvgIpc) is 2.86. The Hall–Kier alpha value is -1.10. The molecular weight excluding hydrogens is 314 g/mol. The van der Waals surface area contributed by atoms with Gasteiger partial charge in [0.2, 0.25) is 11.8 Å². The van der Waals surface area contributed by atoms with Crippen molar-refractivity contribution in [2.24, 2.45) is 5.92 Å². The highest BCUT2D eigenvalue weighted by Crippen LogP contribution is 2.34. The molecule has 2 saturated heterocycles. The maximum Gasteiger partial charge on any atom is 0.241 e. The van der Waals surface area contributed by atoms with Crippen LogP contribution in [0, 0.1) is 5.92 Å². The Balaban J connectivity index is 2.00. The van der Waals surface area contributed by atoms with Gasteiger partial charge in [-0.25, -0.2) is 0 Å². The van der Waals surface area contributed by atoms with Crippen molar-refractivity contribution in [2.45, 2.75) is 90.8 Å². The van der Waals surface area contributed by atoms with Crippen molar-refractivity contribution in [3.63, 3.8) is 0 Å². The molecule has 2 rings (SSSR count). The zero-order valence-corrected chi connectivity index (χ0v) is 16.6. The highest BCUT2D eigenvalue weighted by Gasteiger charge is 2.51. The highest BCUT2D eigenvalue weighted by atomic mass is 16.2. The lowest BCUT2D eigenvalue weighted by Crippen LogP contribution is -2.59. The molecule has 0 bridgehead atoms. The molecule has 2 aliphatic heterocycles. The topological polar surface area (TPSA) is 52.7 Å². The number of nitrogens with zero attached hydrogens (tertiary/aromatic N) is 2. The summed E-state index contributed by atoms with van der Waals surface area (Å²) >= 11 is 0. The van der Waals surface area contributed by atoms with Gasteiger partial charge in [-0.1, -0.05) is 47.0 Å². The largest absolute Gasteiger partial charge is 0.342 e. The fraction of sp³-hybridized carbons (Fsp3) is 0.900. The number of unbranched alkanes of at least 4 members (excludes halogenated alkanes) is 3. The lowest BCUT2D eigenvalue weighted by atomic mass is 9.95. The molecule has 25 heavy (non-hydrogen) atoms. The normalized spacial score (nSPS) is 23.1. The molecular formula is C20H37N3O2. The number of carbonyl (C=O) groups is 2. The summed E-state index contributed by atoms with van der Waals surface area (Å²) in [5.74, 6) is 0.837. The van der Waals surface area contributed by atoms with Crippen LogP contribution in [-0.4, -0.2) is 53.0 Å². The van der Waals surface area contributed by atoms with Crippen molar-refractivity contribution >= 4 is 11.8 Å². The molecule has 1 atom stereocenters. The number of hydrogen-bond donors (Lipinski definition) is 1. The molecule has 5 nitrogen and oxygen atoms in total. The van der Waals surface area contributed by atoms with Crippen LogP contribution in [0.1, 0.15) is 79.1 Å². The lowest BCUT2D eigenvalue weighted by Gasteiger charge is -2.45. The molecule has 1 N–H and O–H groups in total. The van der Waals surface area contributed by atoms with Crippen molar-refractivity contribution in [1.82, 2.24) is 15.1 Å². The molecule has 0 aliphatic carbocycles. The van der Waals surface area contributed by atoms with Gasteiger partial charge in [0.1, 0.15) is 0 Å². The zero-order valence-electron chi connectivity index (χ0n) is 16.6. The van der Waals surface area contributed by atoms with Crippen LogP contribution in [0.15, 0.2) is 0 Å². The fourth-order valence-corrected chi connectivity index (χ4v) is 4.12. The maximum atomic E-state index is 12.9. The van der Waals surface area contributed by atoms with Crippen LogP contribution in [0.3, 0.4) is 0 Å². The molecule has 0 aromatic rings. The molecule has 0 radical (unpaired) electrons. The highest BCUT2D eigenvalue weighted by molar-refractivity contribution is 5.85. The van der Waals surface area contributed by atoms with E-state index < -0.39 is 0 Å².